The predicted molar refractivity (Wildman–Crippen MR) is 106 cm³/mol. The molecule has 7 nitrogen and oxygen atoms in total. The van der Waals surface area contributed by atoms with Gasteiger partial charge in [0, 0.05) is 58.6 Å². The number of carbonyl (C=O) groups is 1. The Morgan fingerprint density at radius 1 is 1.35 bits per heavy atom. The van der Waals surface area contributed by atoms with Crippen molar-refractivity contribution in [2.24, 2.45) is 4.99 Å². The van der Waals surface area contributed by atoms with Crippen molar-refractivity contribution in [3.05, 3.63) is 36.9 Å². The summed E-state index contributed by atoms with van der Waals surface area (Å²) in [6.07, 6.45) is 1.79. The van der Waals surface area contributed by atoms with Gasteiger partial charge in [0.15, 0.2) is 5.96 Å². The third kappa shape index (κ3) is 5.40. The number of nitrogens with zero attached hydrogens (tertiary/aromatic N) is 4. The molecule has 0 saturated carbocycles. The van der Waals surface area contributed by atoms with E-state index in [0.717, 1.165) is 43.6 Å². The first kappa shape index (κ1) is 19.6. The van der Waals surface area contributed by atoms with Crippen LogP contribution in [-0.4, -0.2) is 82.1 Å². The second-order valence-electron chi connectivity index (χ2n) is 6.27. The van der Waals surface area contributed by atoms with Gasteiger partial charge in [-0.05, 0) is 12.1 Å². The minimum Gasteiger partial charge on any atom is -0.497 e. The minimum atomic E-state index is -0.0158. The summed E-state index contributed by atoms with van der Waals surface area (Å²) < 4.78 is 5.31. The number of anilines is 1. The zero-order valence-corrected chi connectivity index (χ0v) is 15.9. The van der Waals surface area contributed by atoms with Crippen LogP contribution in [0.2, 0.25) is 0 Å². The van der Waals surface area contributed by atoms with Gasteiger partial charge in [-0.1, -0.05) is 12.1 Å². The smallest absolute Gasteiger partial charge is 0.243 e. The van der Waals surface area contributed by atoms with Crippen LogP contribution in [0.15, 0.2) is 41.9 Å². The van der Waals surface area contributed by atoms with E-state index in [1.165, 1.54) is 0 Å². The van der Waals surface area contributed by atoms with Crippen LogP contribution in [0.25, 0.3) is 0 Å². The number of aliphatic imine (C=N–C) groups is 1. The van der Waals surface area contributed by atoms with Gasteiger partial charge >= 0.3 is 0 Å². The van der Waals surface area contributed by atoms with Gasteiger partial charge in [0.25, 0.3) is 0 Å². The summed E-state index contributed by atoms with van der Waals surface area (Å²) in [4.78, 5) is 22.4. The van der Waals surface area contributed by atoms with Crippen molar-refractivity contribution in [1.82, 2.24) is 15.1 Å². The summed E-state index contributed by atoms with van der Waals surface area (Å²) in [6, 6.07) is 8.10. The Hall–Kier alpha value is -2.70. The summed E-state index contributed by atoms with van der Waals surface area (Å²) in [5.74, 6) is 1.60. The van der Waals surface area contributed by atoms with E-state index in [2.05, 4.69) is 38.8 Å². The van der Waals surface area contributed by atoms with E-state index >= 15 is 0 Å². The minimum absolute atomic E-state index is 0.0158. The SMILES string of the molecule is C=CCNC(=NCC(=O)N(C)C)N1CCN(c2cccc(OC)c2)CC1. The van der Waals surface area contributed by atoms with Crippen LogP contribution in [0.5, 0.6) is 5.75 Å². The highest BCUT2D eigenvalue weighted by Crippen LogP contribution is 2.22. The highest BCUT2D eigenvalue weighted by Gasteiger charge is 2.20. The van der Waals surface area contributed by atoms with Gasteiger partial charge in [-0.2, -0.15) is 0 Å². The average Bonchev–Trinajstić information content (AvgIpc) is 2.68. The normalized spacial score (nSPS) is 14.8. The van der Waals surface area contributed by atoms with Gasteiger partial charge in [0.2, 0.25) is 5.91 Å². The van der Waals surface area contributed by atoms with Crippen LogP contribution < -0.4 is 15.0 Å². The molecule has 0 spiro atoms. The molecule has 0 aromatic heterocycles. The first-order valence-corrected chi connectivity index (χ1v) is 8.78. The molecule has 0 atom stereocenters. The third-order valence-electron chi connectivity index (χ3n) is 4.27. The number of benzene rings is 1. The summed E-state index contributed by atoms with van der Waals surface area (Å²) in [7, 11) is 5.16. The molecule has 0 unspecified atom stereocenters. The molecule has 1 N–H and O–H groups in total. The lowest BCUT2D eigenvalue weighted by Gasteiger charge is -2.37. The predicted octanol–water partition coefficient (Wildman–Crippen LogP) is 1.04. The van der Waals surface area contributed by atoms with Crippen molar-refractivity contribution >= 4 is 17.6 Å². The number of rotatable bonds is 6. The van der Waals surface area contributed by atoms with Crippen molar-refractivity contribution < 1.29 is 9.53 Å². The van der Waals surface area contributed by atoms with Crippen molar-refractivity contribution in [2.75, 3.05) is 65.4 Å². The van der Waals surface area contributed by atoms with Crippen LogP contribution in [0, 0.1) is 0 Å². The zero-order valence-electron chi connectivity index (χ0n) is 15.9. The maximum atomic E-state index is 11.8. The number of guanidine groups is 1. The molecule has 1 aromatic carbocycles. The quantitative estimate of drug-likeness (QED) is 0.467. The molecular formula is C19H29N5O2. The second kappa shape index (κ2) is 9.70. The Kier molecular flexibility index (Phi) is 7.32. The molecule has 1 aromatic rings. The topological polar surface area (TPSA) is 60.4 Å². The van der Waals surface area contributed by atoms with Crippen LogP contribution in [0.4, 0.5) is 5.69 Å². The van der Waals surface area contributed by atoms with Gasteiger partial charge in [0.05, 0.1) is 7.11 Å². The molecule has 0 radical (unpaired) electrons. The summed E-state index contributed by atoms with van der Waals surface area (Å²) >= 11 is 0. The highest BCUT2D eigenvalue weighted by molar-refractivity contribution is 5.85. The molecule has 1 heterocycles. The zero-order chi connectivity index (χ0) is 18.9. The van der Waals surface area contributed by atoms with Crippen LogP contribution in [-0.2, 0) is 4.79 Å². The number of hydrogen-bond acceptors (Lipinski definition) is 4. The molecule has 1 aliphatic heterocycles. The summed E-state index contributed by atoms with van der Waals surface area (Å²) in [5.41, 5.74) is 1.16. The number of piperazine rings is 1. The third-order valence-corrected chi connectivity index (χ3v) is 4.27. The van der Waals surface area contributed by atoms with Crippen molar-refractivity contribution in [2.45, 2.75) is 0 Å². The monoisotopic (exact) mass is 359 g/mol. The lowest BCUT2D eigenvalue weighted by Crippen LogP contribution is -2.52. The summed E-state index contributed by atoms with van der Waals surface area (Å²) in [5, 5.41) is 3.25. The number of likely N-dealkylation sites (N-methyl/N-ethyl adjacent to an activating group) is 1. The fraction of sp³-hybridized carbons (Fsp3) is 0.474. The molecule has 26 heavy (non-hydrogen) atoms. The number of amides is 1. The van der Waals surface area contributed by atoms with E-state index in [1.54, 1.807) is 32.2 Å². The molecule has 1 saturated heterocycles. The Morgan fingerprint density at radius 2 is 2.08 bits per heavy atom. The van der Waals surface area contributed by atoms with Crippen LogP contribution >= 0.6 is 0 Å². The maximum absolute atomic E-state index is 11.8. The van der Waals surface area contributed by atoms with Gasteiger partial charge in [-0.15, -0.1) is 6.58 Å². The van der Waals surface area contributed by atoms with Crippen molar-refractivity contribution in [3.63, 3.8) is 0 Å². The van der Waals surface area contributed by atoms with Gasteiger partial charge in [-0.25, -0.2) is 4.99 Å². The molecule has 1 amide bonds. The Morgan fingerprint density at radius 3 is 2.69 bits per heavy atom. The van der Waals surface area contributed by atoms with Crippen molar-refractivity contribution in [3.8, 4) is 5.75 Å². The van der Waals surface area contributed by atoms with Crippen LogP contribution in [0.1, 0.15) is 0 Å². The van der Waals surface area contributed by atoms with Gasteiger partial charge < -0.3 is 24.8 Å². The molecule has 0 bridgehead atoms. The van der Waals surface area contributed by atoms with E-state index in [4.69, 9.17) is 4.74 Å². The number of ether oxygens (including phenoxy) is 1. The fourth-order valence-corrected chi connectivity index (χ4v) is 2.70. The first-order chi connectivity index (χ1) is 12.5. The van der Waals surface area contributed by atoms with E-state index < -0.39 is 0 Å². The molecule has 0 aliphatic carbocycles. The maximum Gasteiger partial charge on any atom is 0.243 e. The fourth-order valence-electron chi connectivity index (χ4n) is 2.70. The van der Waals surface area contributed by atoms with E-state index in [9.17, 15) is 4.79 Å². The molecule has 1 aliphatic rings. The number of carbonyl (C=O) groups excluding carboxylic acids is 1. The lowest BCUT2D eigenvalue weighted by atomic mass is 10.2. The molecule has 7 heteroatoms. The van der Waals surface area contributed by atoms with Crippen molar-refractivity contribution in [1.29, 1.82) is 0 Å². The standard InChI is InChI=1S/C19H29N5O2/c1-5-9-20-19(21-15-18(25)22(2)3)24-12-10-23(11-13-24)16-7-6-8-17(14-16)26-4/h5-8,14H,1,9-13,15H2,2-4H3,(H,20,21). The lowest BCUT2D eigenvalue weighted by molar-refractivity contribution is -0.127. The molecule has 1 fully saturated rings. The second-order valence-corrected chi connectivity index (χ2v) is 6.27. The van der Waals surface area contributed by atoms with E-state index in [1.807, 2.05) is 12.1 Å². The Balaban J connectivity index is 2.00. The van der Waals surface area contributed by atoms with Crippen LogP contribution in [0.3, 0.4) is 0 Å². The average molecular weight is 359 g/mol. The van der Waals surface area contributed by atoms with Gasteiger partial charge in [-0.3, -0.25) is 4.79 Å². The Labute approximate surface area is 155 Å². The van der Waals surface area contributed by atoms with E-state index in [-0.39, 0.29) is 12.5 Å². The molecule has 2 rings (SSSR count). The number of methoxy groups -OCH3 is 1. The Bertz CT molecular complexity index is 637. The number of nitrogens with one attached hydrogen (secondary N) is 1. The molecule has 142 valence electrons. The van der Waals surface area contributed by atoms with E-state index in [0.29, 0.717) is 6.54 Å². The largest absolute Gasteiger partial charge is 0.497 e. The number of hydrogen-bond donors (Lipinski definition) is 1. The summed E-state index contributed by atoms with van der Waals surface area (Å²) in [6.45, 7) is 7.91. The van der Waals surface area contributed by atoms with Gasteiger partial charge in [0.1, 0.15) is 12.3 Å². The highest BCUT2D eigenvalue weighted by atomic mass is 16.5. The molecular weight excluding hydrogens is 330 g/mol. The first-order valence-electron chi connectivity index (χ1n) is 8.78.